The lowest BCUT2D eigenvalue weighted by atomic mass is 10.1. The Bertz CT molecular complexity index is 959. The summed E-state index contributed by atoms with van der Waals surface area (Å²) in [5.74, 6) is 1.21. The molecule has 150 valence electrons. The molecule has 0 aliphatic rings. The van der Waals surface area contributed by atoms with Gasteiger partial charge in [0.25, 0.3) is 5.91 Å². The Balaban J connectivity index is 1.75. The molecule has 0 radical (unpaired) electrons. The van der Waals surface area contributed by atoms with Crippen LogP contribution in [0.3, 0.4) is 0 Å². The molecule has 29 heavy (non-hydrogen) atoms. The van der Waals surface area contributed by atoms with Crippen molar-refractivity contribution in [2.45, 2.75) is 26.5 Å². The fourth-order valence-electron chi connectivity index (χ4n) is 2.95. The number of benzene rings is 3. The third-order valence-electron chi connectivity index (χ3n) is 4.46. The lowest BCUT2D eigenvalue weighted by Gasteiger charge is -2.16. The van der Waals surface area contributed by atoms with Crippen molar-refractivity contribution in [2.24, 2.45) is 0 Å². The van der Waals surface area contributed by atoms with Crippen molar-refractivity contribution < 1.29 is 14.3 Å². The zero-order valence-corrected chi connectivity index (χ0v) is 17.3. The van der Waals surface area contributed by atoms with E-state index in [0.29, 0.717) is 28.7 Å². The molecular weight excluding hydrogens is 386 g/mol. The van der Waals surface area contributed by atoms with Gasteiger partial charge in [0.15, 0.2) is 0 Å². The molecule has 0 saturated heterocycles. The Morgan fingerprint density at radius 3 is 2.52 bits per heavy atom. The van der Waals surface area contributed by atoms with E-state index in [9.17, 15) is 4.79 Å². The highest BCUT2D eigenvalue weighted by Gasteiger charge is 2.14. The van der Waals surface area contributed by atoms with Crippen molar-refractivity contribution in [1.82, 2.24) is 5.32 Å². The Morgan fingerprint density at radius 1 is 1.00 bits per heavy atom. The summed E-state index contributed by atoms with van der Waals surface area (Å²) in [5.41, 5.74) is 2.41. The van der Waals surface area contributed by atoms with E-state index in [1.54, 1.807) is 18.2 Å². The van der Waals surface area contributed by atoms with Crippen molar-refractivity contribution in [3.05, 3.63) is 94.5 Å². The Hall–Kier alpha value is -2.98. The predicted octanol–water partition coefficient (Wildman–Crippen LogP) is 5.81. The van der Waals surface area contributed by atoms with Gasteiger partial charge in [-0.15, -0.1) is 0 Å². The first-order chi connectivity index (χ1) is 14.1. The van der Waals surface area contributed by atoms with E-state index < -0.39 is 0 Å². The van der Waals surface area contributed by atoms with Crippen LogP contribution in [0.15, 0.2) is 72.8 Å². The highest BCUT2D eigenvalue weighted by molar-refractivity contribution is 6.30. The quantitative estimate of drug-likeness (QED) is 0.510. The SMILES string of the molecule is CCOc1ccc(C(=O)NC(C)c2ccccc2)cc1COc1cccc(Cl)c1. The first kappa shape index (κ1) is 20.7. The number of nitrogens with one attached hydrogen (secondary N) is 1. The number of halogens is 1. The number of rotatable bonds is 8. The third-order valence-corrected chi connectivity index (χ3v) is 4.70. The van der Waals surface area contributed by atoms with Gasteiger partial charge in [0, 0.05) is 16.1 Å². The van der Waals surface area contributed by atoms with Gasteiger partial charge in [0.2, 0.25) is 0 Å². The Morgan fingerprint density at radius 2 is 1.79 bits per heavy atom. The van der Waals surface area contributed by atoms with Gasteiger partial charge >= 0.3 is 0 Å². The Kier molecular flexibility index (Phi) is 7.14. The summed E-state index contributed by atoms with van der Waals surface area (Å²) in [7, 11) is 0. The minimum Gasteiger partial charge on any atom is -0.493 e. The molecule has 1 amide bonds. The summed E-state index contributed by atoms with van der Waals surface area (Å²) >= 11 is 6.02. The average molecular weight is 410 g/mol. The van der Waals surface area contributed by atoms with Crippen molar-refractivity contribution in [3.8, 4) is 11.5 Å². The molecule has 0 spiro atoms. The second kappa shape index (κ2) is 9.99. The molecule has 0 heterocycles. The van der Waals surface area contributed by atoms with Gasteiger partial charge in [-0.25, -0.2) is 0 Å². The zero-order valence-electron chi connectivity index (χ0n) is 16.5. The highest BCUT2D eigenvalue weighted by Crippen LogP contribution is 2.24. The van der Waals surface area contributed by atoms with Crippen molar-refractivity contribution in [2.75, 3.05) is 6.61 Å². The van der Waals surface area contributed by atoms with Gasteiger partial charge in [-0.2, -0.15) is 0 Å². The summed E-state index contributed by atoms with van der Waals surface area (Å²) in [5, 5.41) is 3.64. The maximum Gasteiger partial charge on any atom is 0.251 e. The average Bonchev–Trinajstić information content (AvgIpc) is 2.74. The van der Waals surface area contributed by atoms with Crippen LogP contribution in [0.25, 0.3) is 0 Å². The molecule has 4 nitrogen and oxygen atoms in total. The summed E-state index contributed by atoms with van der Waals surface area (Å²) in [6, 6.07) is 22.4. The minimum absolute atomic E-state index is 0.0959. The molecule has 5 heteroatoms. The van der Waals surface area contributed by atoms with Crippen molar-refractivity contribution >= 4 is 17.5 Å². The van der Waals surface area contributed by atoms with E-state index in [-0.39, 0.29) is 18.6 Å². The maximum atomic E-state index is 12.8. The van der Waals surface area contributed by atoms with E-state index in [0.717, 1.165) is 11.1 Å². The Labute approximate surface area is 176 Å². The van der Waals surface area contributed by atoms with E-state index in [4.69, 9.17) is 21.1 Å². The number of carbonyl (C=O) groups excluding carboxylic acids is 1. The molecule has 3 rings (SSSR count). The standard InChI is InChI=1S/C24H24ClNO3/c1-3-28-23-13-12-19(24(27)26-17(2)18-8-5-4-6-9-18)14-20(23)16-29-22-11-7-10-21(25)15-22/h4-15,17H,3,16H2,1-2H3,(H,26,27). The third kappa shape index (κ3) is 5.75. The summed E-state index contributed by atoms with van der Waals surface area (Å²) in [6.45, 7) is 4.68. The first-order valence-corrected chi connectivity index (χ1v) is 9.94. The summed E-state index contributed by atoms with van der Waals surface area (Å²) in [6.07, 6.45) is 0. The molecule has 0 saturated carbocycles. The second-order valence-corrected chi connectivity index (χ2v) is 7.04. The number of amides is 1. The lowest BCUT2D eigenvalue weighted by Crippen LogP contribution is -2.26. The van der Waals surface area contributed by atoms with Crippen LogP contribution in [0.5, 0.6) is 11.5 Å². The van der Waals surface area contributed by atoms with Crippen LogP contribution < -0.4 is 14.8 Å². The van der Waals surface area contributed by atoms with E-state index in [1.807, 2.05) is 68.4 Å². The fourth-order valence-corrected chi connectivity index (χ4v) is 3.13. The normalized spacial score (nSPS) is 11.6. The molecule has 1 atom stereocenters. The van der Waals surface area contributed by atoms with Gasteiger partial charge < -0.3 is 14.8 Å². The lowest BCUT2D eigenvalue weighted by molar-refractivity contribution is 0.0939. The molecule has 0 bridgehead atoms. The van der Waals surface area contributed by atoms with Gasteiger partial charge in [0.1, 0.15) is 18.1 Å². The molecule has 0 aliphatic heterocycles. The monoisotopic (exact) mass is 409 g/mol. The predicted molar refractivity (Wildman–Crippen MR) is 116 cm³/mol. The van der Waals surface area contributed by atoms with Gasteiger partial charge in [0.05, 0.1) is 12.6 Å². The number of hydrogen-bond acceptors (Lipinski definition) is 3. The molecule has 1 N–H and O–H groups in total. The fraction of sp³-hybridized carbons (Fsp3) is 0.208. The van der Waals surface area contributed by atoms with Crippen LogP contribution in [0, 0.1) is 0 Å². The first-order valence-electron chi connectivity index (χ1n) is 9.56. The van der Waals surface area contributed by atoms with Crippen LogP contribution in [0.1, 0.15) is 41.4 Å². The van der Waals surface area contributed by atoms with Crippen molar-refractivity contribution in [1.29, 1.82) is 0 Å². The second-order valence-electron chi connectivity index (χ2n) is 6.61. The maximum absolute atomic E-state index is 12.8. The van der Waals surface area contributed by atoms with Crippen LogP contribution >= 0.6 is 11.6 Å². The smallest absolute Gasteiger partial charge is 0.251 e. The van der Waals surface area contributed by atoms with E-state index >= 15 is 0 Å². The molecule has 3 aromatic carbocycles. The molecule has 3 aromatic rings. The molecular formula is C24H24ClNO3. The van der Waals surface area contributed by atoms with Crippen molar-refractivity contribution in [3.63, 3.8) is 0 Å². The van der Waals surface area contributed by atoms with Gasteiger partial charge in [-0.1, -0.05) is 48.0 Å². The van der Waals surface area contributed by atoms with Gasteiger partial charge in [-0.3, -0.25) is 4.79 Å². The van der Waals surface area contributed by atoms with E-state index in [1.165, 1.54) is 0 Å². The minimum atomic E-state index is -0.145. The summed E-state index contributed by atoms with van der Waals surface area (Å²) in [4.78, 5) is 12.8. The van der Waals surface area contributed by atoms with Crippen LogP contribution in [-0.2, 0) is 6.61 Å². The van der Waals surface area contributed by atoms with Crippen LogP contribution in [-0.4, -0.2) is 12.5 Å². The topological polar surface area (TPSA) is 47.6 Å². The number of carbonyl (C=O) groups is 1. The van der Waals surface area contributed by atoms with Gasteiger partial charge in [-0.05, 0) is 55.8 Å². The molecule has 0 fully saturated rings. The largest absolute Gasteiger partial charge is 0.493 e. The molecule has 1 unspecified atom stereocenters. The molecule has 0 aliphatic carbocycles. The van der Waals surface area contributed by atoms with Crippen LogP contribution in [0.2, 0.25) is 5.02 Å². The van der Waals surface area contributed by atoms with Crippen LogP contribution in [0.4, 0.5) is 0 Å². The summed E-state index contributed by atoms with van der Waals surface area (Å²) < 4.78 is 11.5. The number of hydrogen-bond donors (Lipinski definition) is 1. The van der Waals surface area contributed by atoms with E-state index in [2.05, 4.69) is 5.32 Å². The highest BCUT2D eigenvalue weighted by atomic mass is 35.5. The molecule has 0 aromatic heterocycles. The zero-order chi connectivity index (χ0) is 20.6. The number of ether oxygens (including phenoxy) is 2.